The second-order valence-electron chi connectivity index (χ2n) is 5.55. The molecule has 2 aromatic carbocycles. The van der Waals surface area contributed by atoms with Crippen molar-refractivity contribution in [3.05, 3.63) is 52.5 Å². The lowest BCUT2D eigenvalue weighted by Crippen LogP contribution is -2.30. The van der Waals surface area contributed by atoms with Gasteiger partial charge in [0.25, 0.3) is 5.91 Å². The van der Waals surface area contributed by atoms with Gasteiger partial charge in [-0.25, -0.2) is 0 Å². The van der Waals surface area contributed by atoms with Gasteiger partial charge < -0.3 is 14.8 Å². The topological polar surface area (TPSA) is 47.6 Å². The number of carbonyl (C=O) groups excluding carboxylic acids is 1. The van der Waals surface area contributed by atoms with Gasteiger partial charge in [0.15, 0.2) is 6.10 Å². The highest BCUT2D eigenvalue weighted by Gasteiger charge is 2.16. The summed E-state index contributed by atoms with van der Waals surface area (Å²) in [5.41, 5.74) is 0.650. The Morgan fingerprint density at radius 1 is 1.20 bits per heavy atom. The van der Waals surface area contributed by atoms with Gasteiger partial charge in [0, 0.05) is 16.8 Å². The van der Waals surface area contributed by atoms with E-state index in [2.05, 4.69) is 12.2 Å². The van der Waals surface area contributed by atoms with E-state index >= 15 is 0 Å². The fourth-order valence-electron chi connectivity index (χ4n) is 2.06. The number of hydrogen-bond donors (Lipinski definition) is 1. The standard InChI is InChI=1S/C19H21Cl2NO3/c1-3-4-10-24-16-7-5-6-15(12-16)22-19(23)13(2)25-18-9-8-14(20)11-17(18)21/h5-9,11-13H,3-4,10H2,1-2H3,(H,22,23). The highest BCUT2D eigenvalue weighted by atomic mass is 35.5. The summed E-state index contributed by atoms with van der Waals surface area (Å²) in [5.74, 6) is 0.850. The van der Waals surface area contributed by atoms with Crippen LogP contribution in [-0.2, 0) is 4.79 Å². The van der Waals surface area contributed by atoms with E-state index in [9.17, 15) is 4.79 Å². The summed E-state index contributed by atoms with van der Waals surface area (Å²) in [7, 11) is 0. The second kappa shape index (κ2) is 9.54. The van der Waals surface area contributed by atoms with Crippen molar-refractivity contribution >= 4 is 34.8 Å². The minimum absolute atomic E-state index is 0.281. The number of ether oxygens (including phenoxy) is 2. The molecule has 134 valence electrons. The van der Waals surface area contributed by atoms with Crippen molar-refractivity contribution < 1.29 is 14.3 Å². The molecule has 0 spiro atoms. The zero-order chi connectivity index (χ0) is 18.2. The fourth-order valence-corrected chi connectivity index (χ4v) is 2.51. The van der Waals surface area contributed by atoms with Crippen LogP contribution in [-0.4, -0.2) is 18.6 Å². The molecule has 2 aromatic rings. The van der Waals surface area contributed by atoms with E-state index in [0.29, 0.717) is 28.1 Å². The molecule has 1 amide bonds. The lowest BCUT2D eigenvalue weighted by molar-refractivity contribution is -0.122. The molecule has 0 fully saturated rings. The van der Waals surface area contributed by atoms with Gasteiger partial charge in [-0.15, -0.1) is 0 Å². The molecule has 25 heavy (non-hydrogen) atoms. The molecule has 0 aliphatic heterocycles. The number of amides is 1. The largest absolute Gasteiger partial charge is 0.494 e. The molecule has 0 aromatic heterocycles. The molecule has 4 nitrogen and oxygen atoms in total. The van der Waals surface area contributed by atoms with Crippen molar-refractivity contribution in [1.29, 1.82) is 0 Å². The van der Waals surface area contributed by atoms with Gasteiger partial charge in [-0.3, -0.25) is 4.79 Å². The van der Waals surface area contributed by atoms with Gasteiger partial charge in [0.05, 0.1) is 11.6 Å². The third-order valence-corrected chi connectivity index (χ3v) is 3.97. The third-order valence-electron chi connectivity index (χ3n) is 3.44. The van der Waals surface area contributed by atoms with Crippen molar-refractivity contribution in [2.24, 2.45) is 0 Å². The van der Waals surface area contributed by atoms with E-state index in [1.165, 1.54) is 0 Å². The van der Waals surface area contributed by atoms with Gasteiger partial charge in [0.2, 0.25) is 0 Å². The number of anilines is 1. The van der Waals surface area contributed by atoms with E-state index in [4.69, 9.17) is 32.7 Å². The van der Waals surface area contributed by atoms with Crippen LogP contribution in [0.25, 0.3) is 0 Å². The molecule has 0 saturated heterocycles. The van der Waals surface area contributed by atoms with Crippen LogP contribution < -0.4 is 14.8 Å². The Morgan fingerprint density at radius 3 is 2.72 bits per heavy atom. The molecular weight excluding hydrogens is 361 g/mol. The Labute approximate surface area is 158 Å². The van der Waals surface area contributed by atoms with Gasteiger partial charge >= 0.3 is 0 Å². The van der Waals surface area contributed by atoms with E-state index < -0.39 is 6.10 Å². The molecule has 1 N–H and O–H groups in total. The summed E-state index contributed by atoms with van der Waals surface area (Å²) in [5, 5.41) is 3.68. The zero-order valence-electron chi connectivity index (χ0n) is 14.2. The van der Waals surface area contributed by atoms with E-state index in [1.54, 1.807) is 37.3 Å². The average Bonchev–Trinajstić information content (AvgIpc) is 2.58. The van der Waals surface area contributed by atoms with Gasteiger partial charge in [-0.05, 0) is 43.7 Å². The highest BCUT2D eigenvalue weighted by Crippen LogP contribution is 2.28. The van der Waals surface area contributed by atoms with Crippen LogP contribution in [0, 0.1) is 0 Å². The molecule has 1 unspecified atom stereocenters. The highest BCUT2D eigenvalue weighted by molar-refractivity contribution is 6.35. The molecule has 6 heteroatoms. The lowest BCUT2D eigenvalue weighted by Gasteiger charge is -2.16. The van der Waals surface area contributed by atoms with Crippen LogP contribution in [0.2, 0.25) is 10.0 Å². The first kappa shape index (κ1) is 19.4. The van der Waals surface area contributed by atoms with Gasteiger partial charge in [-0.1, -0.05) is 42.6 Å². The first-order valence-electron chi connectivity index (χ1n) is 8.15. The number of hydrogen-bond acceptors (Lipinski definition) is 3. The van der Waals surface area contributed by atoms with Crippen molar-refractivity contribution in [3.63, 3.8) is 0 Å². The van der Waals surface area contributed by atoms with Crippen LogP contribution in [0.5, 0.6) is 11.5 Å². The number of benzene rings is 2. The summed E-state index contributed by atoms with van der Waals surface area (Å²) in [6.45, 7) is 4.42. The molecule has 0 aliphatic carbocycles. The molecular formula is C19H21Cl2NO3. The van der Waals surface area contributed by atoms with Crippen LogP contribution in [0.3, 0.4) is 0 Å². The summed E-state index contributed by atoms with van der Waals surface area (Å²) in [6.07, 6.45) is 1.34. The number of rotatable bonds is 8. The van der Waals surface area contributed by atoms with Crippen LogP contribution in [0.1, 0.15) is 26.7 Å². The maximum atomic E-state index is 12.3. The zero-order valence-corrected chi connectivity index (χ0v) is 15.7. The Kier molecular flexibility index (Phi) is 7.41. The Morgan fingerprint density at radius 2 is 2.00 bits per heavy atom. The van der Waals surface area contributed by atoms with Gasteiger partial charge in [-0.2, -0.15) is 0 Å². The fraction of sp³-hybridized carbons (Fsp3) is 0.316. The van der Waals surface area contributed by atoms with Crippen molar-refractivity contribution in [1.82, 2.24) is 0 Å². The third kappa shape index (κ3) is 6.15. The molecule has 0 radical (unpaired) electrons. The molecule has 0 heterocycles. The first-order chi connectivity index (χ1) is 12.0. The first-order valence-corrected chi connectivity index (χ1v) is 8.90. The van der Waals surface area contributed by atoms with Crippen LogP contribution >= 0.6 is 23.2 Å². The maximum absolute atomic E-state index is 12.3. The van der Waals surface area contributed by atoms with Crippen molar-refractivity contribution in [2.45, 2.75) is 32.8 Å². The lowest BCUT2D eigenvalue weighted by atomic mass is 10.2. The summed E-state index contributed by atoms with van der Waals surface area (Å²) < 4.78 is 11.2. The van der Waals surface area contributed by atoms with Crippen molar-refractivity contribution in [2.75, 3.05) is 11.9 Å². The smallest absolute Gasteiger partial charge is 0.265 e. The predicted octanol–water partition coefficient (Wildman–Crippen LogP) is 5.58. The molecule has 1 atom stereocenters. The normalized spacial score (nSPS) is 11.7. The molecule has 0 bridgehead atoms. The van der Waals surface area contributed by atoms with Crippen LogP contribution in [0.4, 0.5) is 5.69 Å². The predicted molar refractivity (Wildman–Crippen MR) is 102 cm³/mol. The Hall–Kier alpha value is -1.91. The number of halogens is 2. The monoisotopic (exact) mass is 381 g/mol. The second-order valence-corrected chi connectivity index (χ2v) is 6.40. The molecule has 2 rings (SSSR count). The average molecular weight is 382 g/mol. The Bertz CT molecular complexity index is 722. The minimum atomic E-state index is -0.719. The quantitative estimate of drug-likeness (QED) is 0.607. The molecule has 0 aliphatic rings. The van der Waals surface area contributed by atoms with Crippen molar-refractivity contribution in [3.8, 4) is 11.5 Å². The van der Waals surface area contributed by atoms with E-state index in [0.717, 1.165) is 18.6 Å². The SMILES string of the molecule is CCCCOc1cccc(NC(=O)C(C)Oc2ccc(Cl)cc2Cl)c1. The van der Waals surface area contributed by atoms with Gasteiger partial charge in [0.1, 0.15) is 11.5 Å². The summed E-state index contributed by atoms with van der Waals surface area (Å²) >= 11 is 11.9. The van der Waals surface area contributed by atoms with E-state index in [-0.39, 0.29) is 5.91 Å². The summed E-state index contributed by atoms with van der Waals surface area (Å²) in [6, 6.07) is 12.1. The Balaban J connectivity index is 1.95. The van der Waals surface area contributed by atoms with E-state index in [1.807, 2.05) is 12.1 Å². The maximum Gasteiger partial charge on any atom is 0.265 e. The minimum Gasteiger partial charge on any atom is -0.494 e. The number of carbonyl (C=O) groups is 1. The van der Waals surface area contributed by atoms with Crippen LogP contribution in [0.15, 0.2) is 42.5 Å². The molecule has 0 saturated carbocycles. The summed E-state index contributed by atoms with van der Waals surface area (Å²) in [4.78, 5) is 12.3. The number of unbranched alkanes of at least 4 members (excludes halogenated alkanes) is 1. The number of nitrogens with one attached hydrogen (secondary N) is 1.